The molecule has 0 fully saturated rings. The van der Waals surface area contributed by atoms with Crippen molar-refractivity contribution < 1.29 is 115 Å². The van der Waals surface area contributed by atoms with E-state index >= 15 is 0 Å². The van der Waals surface area contributed by atoms with Crippen LogP contribution in [0.3, 0.4) is 0 Å². The highest BCUT2D eigenvalue weighted by Gasteiger charge is 2.47. The molecule has 0 aliphatic carbocycles. The lowest BCUT2D eigenvalue weighted by Gasteiger charge is -2.46. The van der Waals surface area contributed by atoms with Crippen LogP contribution in [0, 0.1) is 0 Å². The van der Waals surface area contributed by atoms with E-state index < -0.39 is 195 Å². The topological polar surface area (TPSA) is 69.7 Å². The molecule has 30 heteroatoms. The van der Waals surface area contributed by atoms with Gasteiger partial charge in [0.05, 0.1) is 50.9 Å². The van der Waals surface area contributed by atoms with Crippen molar-refractivity contribution in [3.05, 3.63) is 218 Å². The molecule has 6 aromatic carbocycles. The molecule has 1 heterocycles. The maximum Gasteiger partial charge on any atom is 0.416 e. The third kappa shape index (κ3) is 15.1. The lowest BCUT2D eigenvalue weighted by Crippen LogP contribution is -2.75. The predicted molar refractivity (Wildman–Crippen MR) is 252 cm³/mol. The summed E-state index contributed by atoms with van der Waals surface area (Å²) in [6, 6.07) is 10.7. The minimum atomic E-state index is -6.13. The average molecular weight is 1210 g/mol. The van der Waals surface area contributed by atoms with E-state index in [1.807, 2.05) is 71.4 Å². The number of fused-ring (bicyclic) bond motifs is 1. The number of carbonyl (C=O) groups excluding carboxylic acids is 1. The number of aromatic nitrogens is 1. The standard InChI is InChI=1S/C32H12BF24.C21H19N4O/c34-25(35,36)13-1-14(26(37,38)39)6-21(5-13)33(22-7-15(27(40,41)42)2-16(8-22)28(43,44)45,23-9-17(29(46,47)48)3-18(10-23)30(49,50)51)24-11-19(31(52,53)54)4-20(12-24)32(55,56)57;22-24-23-14-7-6-12-20-19-11-5-4-8-17(19)13-15-25(20)16-21(26)18-9-2-1-3-10-18/h1-12H;1-11,13,15H,12,14,16H2/q-1;+1. The first-order valence-corrected chi connectivity index (χ1v) is 23.1. The largest absolute Gasteiger partial charge is 0.416 e. The van der Waals surface area contributed by atoms with Crippen LogP contribution in [0.2, 0.25) is 0 Å². The molecule has 0 aliphatic rings. The van der Waals surface area contributed by atoms with Crippen LogP contribution in [0.25, 0.3) is 21.2 Å². The zero-order valence-electron chi connectivity index (χ0n) is 40.9. The zero-order chi connectivity index (χ0) is 62.1. The van der Waals surface area contributed by atoms with Gasteiger partial charge in [-0.3, -0.25) is 4.79 Å². The maximum atomic E-state index is 14.2. The van der Waals surface area contributed by atoms with E-state index in [9.17, 15) is 110 Å². The quantitative estimate of drug-likeness (QED) is 0.0186. The summed E-state index contributed by atoms with van der Waals surface area (Å²) in [5, 5.41) is 5.76. The molecule has 0 atom stereocenters. The molecular weight excluding hydrogens is 1180 g/mol. The van der Waals surface area contributed by atoms with E-state index in [2.05, 4.69) is 22.2 Å². The fourth-order valence-corrected chi connectivity index (χ4v) is 8.99. The Bertz CT molecular complexity index is 3150. The Balaban J connectivity index is 0.000000352. The molecule has 7 rings (SSSR count). The van der Waals surface area contributed by atoms with Gasteiger partial charge in [-0.05, 0) is 41.2 Å². The van der Waals surface area contributed by atoms with Gasteiger partial charge in [0.2, 0.25) is 12.3 Å². The number of allylic oxidation sites excluding steroid dienone is 1. The number of benzene rings is 6. The summed E-state index contributed by atoms with van der Waals surface area (Å²) < 4.78 is 343. The van der Waals surface area contributed by atoms with E-state index in [0.29, 0.717) is 18.5 Å². The third-order valence-corrected chi connectivity index (χ3v) is 12.6. The van der Waals surface area contributed by atoms with Crippen molar-refractivity contribution >= 4 is 44.6 Å². The number of nitrogens with zero attached hydrogens (tertiary/aromatic N) is 4. The van der Waals surface area contributed by atoms with Crippen molar-refractivity contribution in [3.63, 3.8) is 0 Å². The molecule has 7 aromatic rings. The number of ketones is 1. The molecule has 0 amide bonds. The fourth-order valence-electron chi connectivity index (χ4n) is 8.99. The Morgan fingerprint density at radius 2 is 0.747 bits per heavy atom. The normalized spacial score (nSPS) is 13.2. The van der Waals surface area contributed by atoms with Crippen molar-refractivity contribution in [3.8, 4) is 0 Å². The van der Waals surface area contributed by atoms with Crippen LogP contribution in [0.5, 0.6) is 0 Å². The highest BCUT2D eigenvalue weighted by Crippen LogP contribution is 2.41. The van der Waals surface area contributed by atoms with Gasteiger partial charge in [-0.1, -0.05) is 114 Å². The minimum Gasteiger partial charge on any atom is -0.287 e. The molecule has 5 nitrogen and oxygen atoms in total. The Hall–Kier alpha value is -8.17. The van der Waals surface area contributed by atoms with Crippen LogP contribution < -0.4 is 26.4 Å². The summed E-state index contributed by atoms with van der Waals surface area (Å²) >= 11 is 0. The van der Waals surface area contributed by atoms with E-state index in [1.54, 1.807) is 0 Å². The molecule has 1 aromatic heterocycles. The molecule has 0 N–H and O–H groups in total. The number of halogens is 24. The van der Waals surface area contributed by atoms with Crippen LogP contribution in [0.15, 0.2) is 157 Å². The summed E-state index contributed by atoms with van der Waals surface area (Å²) in [4.78, 5) is 15.4. The Morgan fingerprint density at radius 3 is 1.06 bits per heavy atom. The van der Waals surface area contributed by atoms with Crippen LogP contribution in [-0.4, -0.2) is 18.5 Å². The monoisotopic (exact) mass is 1210 g/mol. The van der Waals surface area contributed by atoms with Crippen molar-refractivity contribution in [2.75, 3.05) is 6.54 Å². The molecule has 0 bridgehead atoms. The zero-order valence-corrected chi connectivity index (χ0v) is 40.9. The van der Waals surface area contributed by atoms with Crippen molar-refractivity contribution in [2.45, 2.75) is 62.4 Å². The number of hydrogen-bond acceptors (Lipinski definition) is 2. The van der Waals surface area contributed by atoms with E-state index in [1.165, 1.54) is 0 Å². The minimum absolute atomic E-state index is 0.0743. The number of hydrogen-bond donors (Lipinski definition) is 0. The summed E-state index contributed by atoms with van der Waals surface area (Å²) in [6.07, 6.45) is -48.4. The first kappa shape index (κ1) is 64.0. The number of azide groups is 1. The van der Waals surface area contributed by atoms with Gasteiger partial charge in [-0.15, -0.1) is 0 Å². The summed E-state index contributed by atoms with van der Waals surface area (Å²) in [7, 11) is 0. The molecule has 0 saturated carbocycles. The number of carbonyl (C=O) groups is 1. The van der Waals surface area contributed by atoms with Gasteiger partial charge in [0.15, 0.2) is 11.9 Å². The first-order valence-electron chi connectivity index (χ1n) is 23.1. The smallest absolute Gasteiger partial charge is 0.287 e. The lowest BCUT2D eigenvalue weighted by atomic mass is 9.12. The Morgan fingerprint density at radius 1 is 0.434 bits per heavy atom. The number of rotatable bonds is 11. The van der Waals surface area contributed by atoms with Gasteiger partial charge in [0.1, 0.15) is 6.15 Å². The number of alkyl halides is 24. The van der Waals surface area contributed by atoms with Gasteiger partial charge in [0.25, 0.3) is 0 Å². The predicted octanol–water partition coefficient (Wildman–Crippen LogP) is 15.6. The Kier molecular flexibility index (Phi) is 17.9. The van der Waals surface area contributed by atoms with E-state index in [4.69, 9.17) is 5.53 Å². The lowest BCUT2D eigenvalue weighted by molar-refractivity contribution is -0.688. The van der Waals surface area contributed by atoms with Crippen LogP contribution in [0.1, 0.15) is 60.6 Å². The number of Topliss-reactive ketones (excluding diaryl/α,β-unsaturated/α-hetero) is 1. The second-order valence-corrected chi connectivity index (χ2v) is 18.1. The van der Waals surface area contributed by atoms with Gasteiger partial charge in [-0.25, -0.2) is 0 Å². The second kappa shape index (κ2) is 23.2. The SMILES string of the molecule is FC(F)(F)c1cc([B-](c2cc(C(F)(F)F)cc(C(F)(F)F)c2)(c2cc(C(F)(F)F)cc(C(F)(F)F)c2)c2cc(C(F)(F)F)cc(C(F)(F)F)c2)cc(C(F)(F)F)c1.[N-]=[N+]=NCC=CCc1c2ccccc2cc[n+]1CC(=O)c1ccccc1. The van der Waals surface area contributed by atoms with Gasteiger partial charge in [-0.2, -0.15) is 132 Å². The van der Waals surface area contributed by atoms with Crippen LogP contribution in [-0.2, 0) is 62.4 Å². The van der Waals surface area contributed by atoms with Crippen LogP contribution >= 0.6 is 0 Å². The third-order valence-electron chi connectivity index (χ3n) is 12.6. The van der Waals surface area contributed by atoms with Crippen LogP contribution in [0.4, 0.5) is 105 Å². The molecule has 0 saturated heterocycles. The Labute approximate surface area is 450 Å². The summed E-state index contributed by atoms with van der Waals surface area (Å²) in [6.45, 7) is 0.610. The van der Waals surface area contributed by atoms with E-state index in [-0.39, 0.29) is 12.3 Å². The van der Waals surface area contributed by atoms with E-state index in [0.717, 1.165) is 16.5 Å². The van der Waals surface area contributed by atoms with Crippen molar-refractivity contribution in [1.29, 1.82) is 0 Å². The molecule has 0 spiro atoms. The highest BCUT2D eigenvalue weighted by molar-refractivity contribution is 7.20. The highest BCUT2D eigenvalue weighted by atomic mass is 19.4. The number of pyridine rings is 1. The molecule has 0 unspecified atom stereocenters. The molecule has 0 aliphatic heterocycles. The molecule has 83 heavy (non-hydrogen) atoms. The van der Waals surface area contributed by atoms with Gasteiger partial charge < -0.3 is 0 Å². The second-order valence-electron chi connectivity index (χ2n) is 18.1. The molecule has 440 valence electrons. The summed E-state index contributed by atoms with van der Waals surface area (Å²) in [5.41, 5.74) is -20.1. The first-order chi connectivity index (χ1) is 38.1. The molecular formula is C53H31BF24N4O. The van der Waals surface area contributed by atoms with Crippen molar-refractivity contribution in [2.24, 2.45) is 5.11 Å². The fraction of sp³-hybridized carbons (Fsp3) is 0.208. The van der Waals surface area contributed by atoms with Gasteiger partial charge >= 0.3 is 49.4 Å². The average Bonchev–Trinajstić information content (AvgIpc) is 1.84. The van der Waals surface area contributed by atoms with Gasteiger partial charge in [0, 0.05) is 28.5 Å². The maximum absolute atomic E-state index is 14.2. The van der Waals surface area contributed by atoms with Crippen molar-refractivity contribution in [1.82, 2.24) is 0 Å². The molecule has 0 radical (unpaired) electrons. The summed E-state index contributed by atoms with van der Waals surface area (Å²) in [5.74, 6) is 0.0743.